The number of ether oxygens (including phenoxy) is 2. The topological polar surface area (TPSA) is 57.5 Å². The summed E-state index contributed by atoms with van der Waals surface area (Å²) >= 11 is 0. The second kappa shape index (κ2) is 7.51. The number of rotatable bonds is 6. The van der Waals surface area contributed by atoms with Crippen molar-refractivity contribution in [2.75, 3.05) is 6.61 Å². The average Bonchev–Trinajstić information content (AvgIpc) is 2.82. The first-order valence-corrected chi connectivity index (χ1v) is 8.25. The standard InChI is InChI=1S/C19H25NO4/c1-5-23-17(21)11-10-15-12-14-8-6-7-9-16(14)20(15)13-18(22)24-19(2,3)4/h6-9,12H,5,10-11,13H2,1-4H3. The van der Waals surface area contributed by atoms with E-state index in [2.05, 4.69) is 0 Å². The Bertz CT molecular complexity index is 725. The molecule has 0 N–H and O–H groups in total. The second-order valence-electron chi connectivity index (χ2n) is 6.67. The molecule has 0 saturated carbocycles. The molecular weight excluding hydrogens is 306 g/mol. The van der Waals surface area contributed by atoms with E-state index in [1.165, 1.54) is 0 Å². The first-order chi connectivity index (χ1) is 11.3. The zero-order valence-corrected chi connectivity index (χ0v) is 14.8. The van der Waals surface area contributed by atoms with Gasteiger partial charge in [0.1, 0.15) is 12.1 Å². The minimum atomic E-state index is -0.523. The lowest BCUT2D eigenvalue weighted by Crippen LogP contribution is -2.27. The first kappa shape index (κ1) is 18.0. The first-order valence-electron chi connectivity index (χ1n) is 8.25. The SMILES string of the molecule is CCOC(=O)CCc1cc2ccccc2n1CC(=O)OC(C)(C)C. The maximum absolute atomic E-state index is 12.2. The Hall–Kier alpha value is -2.30. The molecule has 0 saturated heterocycles. The van der Waals surface area contributed by atoms with E-state index in [4.69, 9.17) is 9.47 Å². The van der Waals surface area contributed by atoms with Gasteiger partial charge in [-0.15, -0.1) is 0 Å². The van der Waals surface area contributed by atoms with Crippen molar-refractivity contribution in [1.82, 2.24) is 4.57 Å². The fourth-order valence-electron chi connectivity index (χ4n) is 2.63. The van der Waals surface area contributed by atoms with Crippen molar-refractivity contribution in [3.05, 3.63) is 36.0 Å². The van der Waals surface area contributed by atoms with Crippen LogP contribution in [0, 0.1) is 0 Å². The molecule has 130 valence electrons. The van der Waals surface area contributed by atoms with Crippen LogP contribution >= 0.6 is 0 Å². The Labute approximate surface area is 142 Å². The summed E-state index contributed by atoms with van der Waals surface area (Å²) in [4.78, 5) is 23.9. The summed E-state index contributed by atoms with van der Waals surface area (Å²) in [5.41, 5.74) is 1.36. The number of hydrogen-bond donors (Lipinski definition) is 0. The van der Waals surface area contributed by atoms with Gasteiger partial charge in [-0.2, -0.15) is 0 Å². The van der Waals surface area contributed by atoms with Gasteiger partial charge in [0.05, 0.1) is 13.0 Å². The maximum atomic E-state index is 12.2. The van der Waals surface area contributed by atoms with Crippen LogP contribution in [-0.4, -0.2) is 28.7 Å². The number of nitrogens with zero attached hydrogens (tertiary/aromatic N) is 1. The molecule has 0 radical (unpaired) electrons. The van der Waals surface area contributed by atoms with Gasteiger partial charge < -0.3 is 14.0 Å². The van der Waals surface area contributed by atoms with Gasteiger partial charge in [0, 0.05) is 11.2 Å². The lowest BCUT2D eigenvalue weighted by Gasteiger charge is -2.20. The molecule has 2 aromatic rings. The molecule has 1 aromatic carbocycles. The number of carbonyl (C=O) groups excluding carboxylic acids is 2. The number of carbonyl (C=O) groups is 2. The predicted molar refractivity (Wildman–Crippen MR) is 92.7 cm³/mol. The number of esters is 2. The van der Waals surface area contributed by atoms with Crippen LogP contribution < -0.4 is 0 Å². The van der Waals surface area contributed by atoms with E-state index in [1.807, 2.05) is 55.7 Å². The molecule has 2 rings (SSSR count). The third-order valence-electron chi connectivity index (χ3n) is 3.49. The zero-order chi connectivity index (χ0) is 17.7. The fourth-order valence-corrected chi connectivity index (χ4v) is 2.63. The number of aromatic nitrogens is 1. The molecular formula is C19H25NO4. The van der Waals surface area contributed by atoms with Crippen LogP contribution in [0.2, 0.25) is 0 Å². The van der Waals surface area contributed by atoms with Gasteiger partial charge in [0.15, 0.2) is 0 Å². The van der Waals surface area contributed by atoms with Crippen molar-refractivity contribution in [2.45, 2.75) is 52.7 Å². The largest absolute Gasteiger partial charge is 0.466 e. The van der Waals surface area contributed by atoms with Crippen molar-refractivity contribution in [2.24, 2.45) is 0 Å². The van der Waals surface area contributed by atoms with Crippen molar-refractivity contribution >= 4 is 22.8 Å². The molecule has 0 fully saturated rings. The van der Waals surface area contributed by atoms with E-state index in [1.54, 1.807) is 6.92 Å². The molecule has 5 nitrogen and oxygen atoms in total. The fraction of sp³-hybridized carbons (Fsp3) is 0.474. The third-order valence-corrected chi connectivity index (χ3v) is 3.49. The maximum Gasteiger partial charge on any atom is 0.326 e. The highest BCUT2D eigenvalue weighted by Crippen LogP contribution is 2.22. The summed E-state index contributed by atoms with van der Waals surface area (Å²) in [6, 6.07) is 9.86. The molecule has 0 aliphatic rings. The molecule has 0 aliphatic carbocycles. The van der Waals surface area contributed by atoms with Crippen LogP contribution in [0.5, 0.6) is 0 Å². The van der Waals surface area contributed by atoms with Crippen LogP contribution in [0.1, 0.15) is 39.8 Å². The summed E-state index contributed by atoms with van der Waals surface area (Å²) in [6.45, 7) is 7.83. The lowest BCUT2D eigenvalue weighted by molar-refractivity contribution is -0.155. The second-order valence-corrected chi connectivity index (χ2v) is 6.67. The van der Waals surface area contributed by atoms with Crippen LogP contribution in [-0.2, 0) is 32.0 Å². The van der Waals surface area contributed by atoms with Gasteiger partial charge in [0.25, 0.3) is 0 Å². The number of hydrogen-bond acceptors (Lipinski definition) is 4. The number of fused-ring (bicyclic) bond motifs is 1. The number of aryl methyl sites for hydroxylation is 1. The lowest BCUT2D eigenvalue weighted by atomic mass is 10.2. The smallest absolute Gasteiger partial charge is 0.326 e. The molecule has 0 amide bonds. The summed E-state index contributed by atoms with van der Waals surface area (Å²) in [6.07, 6.45) is 0.814. The molecule has 24 heavy (non-hydrogen) atoms. The number of para-hydroxylation sites is 1. The van der Waals surface area contributed by atoms with Crippen LogP contribution in [0.3, 0.4) is 0 Å². The molecule has 0 bridgehead atoms. The van der Waals surface area contributed by atoms with Gasteiger partial charge in [0.2, 0.25) is 0 Å². The molecule has 1 aromatic heterocycles. The highest BCUT2D eigenvalue weighted by atomic mass is 16.6. The third kappa shape index (κ3) is 4.85. The molecule has 0 spiro atoms. The Kier molecular flexibility index (Phi) is 5.65. The van der Waals surface area contributed by atoms with E-state index >= 15 is 0 Å². The minimum Gasteiger partial charge on any atom is -0.466 e. The van der Waals surface area contributed by atoms with Gasteiger partial charge >= 0.3 is 11.9 Å². The monoisotopic (exact) mass is 331 g/mol. The Morgan fingerprint density at radius 2 is 1.83 bits per heavy atom. The van der Waals surface area contributed by atoms with Gasteiger partial charge in [-0.3, -0.25) is 9.59 Å². The van der Waals surface area contributed by atoms with Crippen molar-refractivity contribution in [1.29, 1.82) is 0 Å². The summed E-state index contributed by atoms with van der Waals surface area (Å²) < 4.78 is 12.3. The summed E-state index contributed by atoms with van der Waals surface area (Å²) in [5, 5.41) is 1.04. The van der Waals surface area contributed by atoms with Crippen LogP contribution in [0.15, 0.2) is 30.3 Å². The van der Waals surface area contributed by atoms with E-state index in [-0.39, 0.29) is 18.5 Å². The van der Waals surface area contributed by atoms with Crippen LogP contribution in [0.4, 0.5) is 0 Å². The van der Waals surface area contributed by atoms with Crippen molar-refractivity contribution in [3.63, 3.8) is 0 Å². The Morgan fingerprint density at radius 1 is 1.12 bits per heavy atom. The van der Waals surface area contributed by atoms with Crippen LogP contribution in [0.25, 0.3) is 10.9 Å². The Balaban J connectivity index is 2.23. The Morgan fingerprint density at radius 3 is 2.50 bits per heavy atom. The quantitative estimate of drug-likeness (QED) is 0.761. The van der Waals surface area contributed by atoms with Gasteiger partial charge in [-0.25, -0.2) is 0 Å². The molecule has 0 unspecified atom stereocenters. The highest BCUT2D eigenvalue weighted by Gasteiger charge is 2.19. The normalized spacial score (nSPS) is 11.5. The number of benzene rings is 1. The molecule has 5 heteroatoms. The van der Waals surface area contributed by atoms with E-state index in [0.29, 0.717) is 19.4 Å². The summed E-state index contributed by atoms with van der Waals surface area (Å²) in [5.74, 6) is -0.521. The van der Waals surface area contributed by atoms with E-state index < -0.39 is 5.60 Å². The van der Waals surface area contributed by atoms with E-state index in [9.17, 15) is 9.59 Å². The van der Waals surface area contributed by atoms with Gasteiger partial charge in [-0.1, -0.05) is 18.2 Å². The molecule has 1 heterocycles. The minimum absolute atomic E-state index is 0.128. The van der Waals surface area contributed by atoms with Crippen molar-refractivity contribution < 1.29 is 19.1 Å². The highest BCUT2D eigenvalue weighted by molar-refractivity contribution is 5.83. The van der Waals surface area contributed by atoms with Crippen molar-refractivity contribution in [3.8, 4) is 0 Å². The molecule has 0 aliphatic heterocycles. The zero-order valence-electron chi connectivity index (χ0n) is 14.8. The average molecular weight is 331 g/mol. The van der Waals surface area contributed by atoms with E-state index in [0.717, 1.165) is 16.6 Å². The molecule has 0 atom stereocenters. The summed E-state index contributed by atoms with van der Waals surface area (Å²) in [7, 11) is 0. The predicted octanol–water partition coefficient (Wildman–Crippen LogP) is 3.48. The van der Waals surface area contributed by atoms with Gasteiger partial charge in [-0.05, 0) is 51.6 Å².